The molecule has 0 aliphatic rings. The first-order valence-corrected chi connectivity index (χ1v) is 5.82. The monoisotopic (exact) mass is 245 g/mol. The van der Waals surface area contributed by atoms with Crippen LogP contribution in [0.1, 0.15) is 27.2 Å². The summed E-state index contributed by atoms with van der Waals surface area (Å²) in [6, 6.07) is 0. The maximum absolute atomic E-state index is 11.5. The van der Waals surface area contributed by atoms with E-state index in [1.807, 2.05) is 34.9 Å². The minimum atomic E-state index is -0.823. The maximum atomic E-state index is 11.5. The molecule has 2 N–H and O–H groups in total. The van der Waals surface area contributed by atoms with Gasteiger partial charge in [0, 0.05) is 6.42 Å². The molecule has 0 rings (SSSR count). The number of amides is 1. The summed E-state index contributed by atoms with van der Waals surface area (Å²) in [6.45, 7) is 7.22. The van der Waals surface area contributed by atoms with Crippen LogP contribution in [0.15, 0.2) is 0 Å². The number of hydrogen-bond acceptors (Lipinski definition) is 2. The number of carboxylic acids is 1. The fourth-order valence-corrected chi connectivity index (χ4v) is 1.49. The first kappa shape index (κ1) is 15.9. The molecule has 0 saturated carbocycles. The van der Waals surface area contributed by atoms with Crippen LogP contribution in [0, 0.1) is 5.41 Å². The molecule has 100 valence electrons. The third-order valence-electron chi connectivity index (χ3n) is 2.29. The second kappa shape index (κ2) is 6.00. The molecule has 0 aromatic heterocycles. The van der Waals surface area contributed by atoms with Gasteiger partial charge in [-0.1, -0.05) is 20.8 Å². The van der Waals surface area contributed by atoms with E-state index in [4.69, 9.17) is 5.11 Å². The van der Waals surface area contributed by atoms with Crippen LogP contribution in [0.25, 0.3) is 0 Å². The Bertz CT molecular complexity index is 280. The SMILES string of the molecule is CC(C)(C)CC(=O)NCC[N+](C)(C)CC(=O)O. The highest BCUT2D eigenvalue weighted by Crippen LogP contribution is 2.17. The lowest BCUT2D eigenvalue weighted by atomic mass is 9.92. The second-order valence-corrected chi connectivity index (χ2v) is 6.30. The molecule has 0 spiro atoms. The van der Waals surface area contributed by atoms with Gasteiger partial charge >= 0.3 is 5.97 Å². The first-order valence-electron chi connectivity index (χ1n) is 5.82. The van der Waals surface area contributed by atoms with Gasteiger partial charge < -0.3 is 14.9 Å². The molecular formula is C12H25N2O3+. The smallest absolute Gasteiger partial charge is 0.359 e. The van der Waals surface area contributed by atoms with Crippen molar-refractivity contribution >= 4 is 11.9 Å². The van der Waals surface area contributed by atoms with Gasteiger partial charge in [0.2, 0.25) is 5.91 Å². The van der Waals surface area contributed by atoms with Crippen molar-refractivity contribution in [2.45, 2.75) is 27.2 Å². The van der Waals surface area contributed by atoms with Crippen LogP contribution in [0.2, 0.25) is 0 Å². The summed E-state index contributed by atoms with van der Waals surface area (Å²) in [5.41, 5.74) is -0.0183. The minimum absolute atomic E-state index is 0.0183. The predicted octanol–water partition coefficient (Wildman–Crippen LogP) is 0.700. The van der Waals surface area contributed by atoms with Gasteiger partial charge in [-0.2, -0.15) is 0 Å². The van der Waals surface area contributed by atoms with Gasteiger partial charge in [0.15, 0.2) is 6.54 Å². The molecule has 0 aliphatic heterocycles. The van der Waals surface area contributed by atoms with E-state index in [1.54, 1.807) is 0 Å². The van der Waals surface area contributed by atoms with E-state index in [1.165, 1.54) is 0 Å². The first-order chi connectivity index (χ1) is 7.52. The Hall–Kier alpha value is -1.10. The van der Waals surface area contributed by atoms with E-state index in [2.05, 4.69) is 5.32 Å². The lowest BCUT2D eigenvalue weighted by molar-refractivity contribution is -0.881. The lowest BCUT2D eigenvalue weighted by Gasteiger charge is -2.28. The van der Waals surface area contributed by atoms with Crippen molar-refractivity contribution in [2.24, 2.45) is 5.41 Å². The number of hydrogen-bond donors (Lipinski definition) is 2. The van der Waals surface area contributed by atoms with E-state index >= 15 is 0 Å². The summed E-state index contributed by atoms with van der Waals surface area (Å²) in [6.07, 6.45) is 0.485. The quantitative estimate of drug-likeness (QED) is 0.677. The molecule has 0 aromatic carbocycles. The number of nitrogens with one attached hydrogen (secondary N) is 1. The third kappa shape index (κ3) is 9.81. The summed E-state index contributed by atoms with van der Waals surface area (Å²) in [5.74, 6) is -0.802. The van der Waals surface area contributed by atoms with E-state index < -0.39 is 5.97 Å². The van der Waals surface area contributed by atoms with Crippen LogP contribution in [-0.4, -0.2) is 55.2 Å². The lowest BCUT2D eigenvalue weighted by Crippen LogP contribution is -2.48. The molecule has 1 amide bonds. The number of carboxylic acid groups (broad SMARTS) is 1. The Morgan fingerprint density at radius 3 is 2.18 bits per heavy atom. The number of nitrogens with zero attached hydrogens (tertiary/aromatic N) is 1. The summed E-state index contributed by atoms with van der Waals surface area (Å²) in [5, 5.41) is 11.5. The van der Waals surface area contributed by atoms with Gasteiger partial charge in [0.05, 0.1) is 27.2 Å². The highest BCUT2D eigenvalue weighted by Gasteiger charge is 2.20. The maximum Gasteiger partial charge on any atom is 0.359 e. The number of quaternary nitrogens is 1. The molecule has 0 atom stereocenters. The van der Waals surface area contributed by atoms with E-state index in [-0.39, 0.29) is 17.9 Å². The molecular weight excluding hydrogens is 220 g/mol. The third-order valence-corrected chi connectivity index (χ3v) is 2.29. The molecule has 0 radical (unpaired) electrons. The fraction of sp³-hybridized carbons (Fsp3) is 0.833. The highest BCUT2D eigenvalue weighted by molar-refractivity contribution is 5.76. The van der Waals surface area contributed by atoms with Gasteiger partial charge in [-0.3, -0.25) is 4.79 Å². The zero-order valence-corrected chi connectivity index (χ0v) is 11.5. The summed E-state index contributed by atoms with van der Waals surface area (Å²) in [4.78, 5) is 22.1. The molecule has 0 unspecified atom stereocenters. The van der Waals surface area contributed by atoms with E-state index in [0.29, 0.717) is 24.0 Å². The number of likely N-dealkylation sites (N-methyl/N-ethyl adjacent to an activating group) is 1. The molecule has 0 bridgehead atoms. The van der Waals surface area contributed by atoms with Crippen molar-refractivity contribution in [3.05, 3.63) is 0 Å². The Morgan fingerprint density at radius 2 is 1.76 bits per heavy atom. The van der Waals surface area contributed by atoms with Crippen molar-refractivity contribution in [3.8, 4) is 0 Å². The molecule has 0 aliphatic carbocycles. The van der Waals surface area contributed by atoms with Gasteiger partial charge in [0.25, 0.3) is 0 Å². The summed E-state index contributed by atoms with van der Waals surface area (Å²) >= 11 is 0. The number of carbonyl (C=O) groups excluding carboxylic acids is 1. The summed E-state index contributed by atoms with van der Waals surface area (Å²) in [7, 11) is 3.67. The molecule has 5 heteroatoms. The molecule has 17 heavy (non-hydrogen) atoms. The van der Waals surface area contributed by atoms with Gasteiger partial charge in [-0.15, -0.1) is 0 Å². The van der Waals surface area contributed by atoms with Crippen LogP contribution in [-0.2, 0) is 9.59 Å². The van der Waals surface area contributed by atoms with Crippen molar-refractivity contribution < 1.29 is 19.2 Å². The van der Waals surface area contributed by atoms with E-state index in [0.717, 1.165) is 0 Å². The Kier molecular flexibility index (Phi) is 5.61. The molecule has 5 nitrogen and oxygen atoms in total. The molecule has 0 aromatic rings. The minimum Gasteiger partial charge on any atom is -0.477 e. The number of aliphatic carboxylic acids is 1. The Morgan fingerprint density at radius 1 is 1.24 bits per heavy atom. The number of rotatable bonds is 6. The zero-order valence-electron chi connectivity index (χ0n) is 11.5. The van der Waals surface area contributed by atoms with Crippen LogP contribution >= 0.6 is 0 Å². The molecule has 0 heterocycles. The van der Waals surface area contributed by atoms with Gasteiger partial charge in [-0.25, -0.2) is 4.79 Å². The zero-order chi connectivity index (χ0) is 13.7. The van der Waals surface area contributed by atoms with Crippen molar-refractivity contribution in [1.29, 1.82) is 0 Å². The van der Waals surface area contributed by atoms with Crippen LogP contribution in [0.4, 0.5) is 0 Å². The summed E-state index contributed by atoms with van der Waals surface area (Å²) < 4.78 is 0.366. The van der Waals surface area contributed by atoms with E-state index in [9.17, 15) is 9.59 Å². The normalized spacial score (nSPS) is 12.3. The second-order valence-electron chi connectivity index (χ2n) is 6.30. The molecule has 0 fully saturated rings. The van der Waals surface area contributed by atoms with Crippen LogP contribution in [0.5, 0.6) is 0 Å². The topological polar surface area (TPSA) is 66.4 Å². The molecule has 0 saturated heterocycles. The Balaban J connectivity index is 3.91. The fourth-order valence-electron chi connectivity index (χ4n) is 1.49. The number of carbonyl (C=O) groups is 2. The van der Waals surface area contributed by atoms with Crippen LogP contribution in [0.3, 0.4) is 0 Å². The standard InChI is InChI=1S/C12H24N2O3/c1-12(2,3)8-10(15)13-6-7-14(4,5)9-11(16)17/h6-9H2,1-5H3,(H-,13,15,16,17)/p+1. The van der Waals surface area contributed by atoms with Crippen molar-refractivity contribution in [1.82, 2.24) is 5.32 Å². The van der Waals surface area contributed by atoms with Crippen molar-refractivity contribution in [2.75, 3.05) is 33.7 Å². The largest absolute Gasteiger partial charge is 0.477 e. The van der Waals surface area contributed by atoms with Crippen LogP contribution < -0.4 is 5.32 Å². The van der Waals surface area contributed by atoms with Gasteiger partial charge in [-0.05, 0) is 5.41 Å². The van der Waals surface area contributed by atoms with Crippen molar-refractivity contribution in [3.63, 3.8) is 0 Å². The average Bonchev–Trinajstić information content (AvgIpc) is 1.95. The predicted molar refractivity (Wildman–Crippen MR) is 66.6 cm³/mol. The van der Waals surface area contributed by atoms with Gasteiger partial charge in [0.1, 0.15) is 0 Å². The average molecular weight is 245 g/mol. The Labute approximate surface area is 103 Å². The highest BCUT2D eigenvalue weighted by atomic mass is 16.4.